The Morgan fingerprint density at radius 3 is 2.60 bits per heavy atom. The molecule has 154 valence electrons. The lowest BCUT2D eigenvalue weighted by Crippen LogP contribution is -2.38. The van der Waals surface area contributed by atoms with E-state index >= 15 is 0 Å². The van der Waals surface area contributed by atoms with Crippen molar-refractivity contribution >= 4 is 34.4 Å². The lowest BCUT2D eigenvalue weighted by atomic mass is 10.2. The third-order valence-corrected chi connectivity index (χ3v) is 5.17. The van der Waals surface area contributed by atoms with E-state index in [0.717, 1.165) is 23.1 Å². The first-order valence-electron chi connectivity index (χ1n) is 9.98. The molecule has 1 aliphatic rings. The molecular weight excluding hydrogens is 382 g/mol. The number of benzene rings is 2. The van der Waals surface area contributed by atoms with E-state index in [0.29, 0.717) is 24.3 Å². The zero-order valence-electron chi connectivity index (χ0n) is 16.7. The average molecular weight is 405 g/mol. The van der Waals surface area contributed by atoms with Crippen LogP contribution in [-0.4, -0.2) is 30.8 Å². The maximum atomic E-state index is 12.3. The highest BCUT2D eigenvalue weighted by molar-refractivity contribution is 5.98. The molecule has 1 saturated heterocycles. The zero-order valence-corrected chi connectivity index (χ0v) is 16.7. The van der Waals surface area contributed by atoms with E-state index in [4.69, 9.17) is 4.42 Å². The molecule has 0 saturated carbocycles. The molecule has 3 aromatic rings. The normalized spacial score (nSPS) is 14.7. The number of rotatable bonds is 6. The van der Waals surface area contributed by atoms with Gasteiger partial charge in [0.15, 0.2) is 0 Å². The number of carbonyl (C=O) groups excluding carboxylic acids is 3. The lowest BCUT2D eigenvalue weighted by Gasteiger charge is -2.16. The summed E-state index contributed by atoms with van der Waals surface area (Å²) in [5, 5.41) is 6.41. The molecule has 0 unspecified atom stereocenters. The van der Waals surface area contributed by atoms with Crippen molar-refractivity contribution < 1.29 is 18.8 Å². The second kappa shape index (κ2) is 8.41. The Labute approximate surface area is 174 Å². The van der Waals surface area contributed by atoms with Gasteiger partial charge in [-0.2, -0.15) is 0 Å². The monoisotopic (exact) mass is 405 g/mol. The van der Waals surface area contributed by atoms with Gasteiger partial charge in [-0.15, -0.1) is 0 Å². The zero-order chi connectivity index (χ0) is 21.1. The van der Waals surface area contributed by atoms with E-state index in [-0.39, 0.29) is 30.3 Å². The SMILES string of the molecule is C[C@@H](NC(=O)CNC(=O)c1ccc(N2CCCC2=O)cc1)c1cc2ccccc2o1. The number of nitrogens with zero attached hydrogens (tertiary/aromatic N) is 1. The fourth-order valence-electron chi connectivity index (χ4n) is 3.56. The molecule has 1 fully saturated rings. The molecule has 0 spiro atoms. The Balaban J connectivity index is 1.29. The number of nitrogens with one attached hydrogen (secondary N) is 2. The van der Waals surface area contributed by atoms with Gasteiger partial charge in [0.25, 0.3) is 5.91 Å². The first kappa shape index (κ1) is 19.7. The van der Waals surface area contributed by atoms with E-state index < -0.39 is 0 Å². The fraction of sp³-hybridized carbons (Fsp3) is 0.261. The Hall–Kier alpha value is -3.61. The molecule has 1 aromatic heterocycles. The second-order valence-corrected chi connectivity index (χ2v) is 7.35. The van der Waals surface area contributed by atoms with Gasteiger partial charge in [-0.25, -0.2) is 0 Å². The third-order valence-electron chi connectivity index (χ3n) is 5.17. The molecular formula is C23H23N3O4. The summed E-state index contributed by atoms with van der Waals surface area (Å²) in [4.78, 5) is 38.1. The molecule has 3 amide bonds. The van der Waals surface area contributed by atoms with Crippen molar-refractivity contribution in [3.05, 3.63) is 65.9 Å². The minimum atomic E-state index is -0.346. The summed E-state index contributed by atoms with van der Waals surface area (Å²) in [7, 11) is 0. The quantitative estimate of drug-likeness (QED) is 0.659. The largest absolute Gasteiger partial charge is 0.459 e. The summed E-state index contributed by atoms with van der Waals surface area (Å²) in [6.07, 6.45) is 1.41. The number of hydrogen-bond donors (Lipinski definition) is 2. The van der Waals surface area contributed by atoms with Gasteiger partial charge in [0, 0.05) is 29.6 Å². The summed E-state index contributed by atoms with van der Waals surface area (Å²) in [5.74, 6) is 0.0989. The standard InChI is InChI=1S/C23H23N3O4/c1-15(20-13-17-5-2-3-6-19(17)30-20)25-21(27)14-24-23(29)16-8-10-18(11-9-16)26-12-4-7-22(26)28/h2-3,5-6,8-11,13,15H,4,7,12,14H2,1H3,(H,24,29)(H,25,27)/t15-/m1/s1. The molecule has 2 N–H and O–H groups in total. The van der Waals surface area contributed by atoms with Crippen molar-refractivity contribution in [1.29, 1.82) is 0 Å². The van der Waals surface area contributed by atoms with Gasteiger partial charge in [0.1, 0.15) is 11.3 Å². The van der Waals surface area contributed by atoms with Gasteiger partial charge in [0.2, 0.25) is 11.8 Å². The van der Waals surface area contributed by atoms with Crippen LogP contribution in [-0.2, 0) is 9.59 Å². The Bertz CT molecular complexity index is 1050. The molecule has 30 heavy (non-hydrogen) atoms. The summed E-state index contributed by atoms with van der Waals surface area (Å²) < 4.78 is 5.76. The van der Waals surface area contributed by atoms with Crippen molar-refractivity contribution in [2.75, 3.05) is 18.0 Å². The molecule has 7 heteroatoms. The van der Waals surface area contributed by atoms with Gasteiger partial charge >= 0.3 is 0 Å². The highest BCUT2D eigenvalue weighted by Crippen LogP contribution is 2.23. The van der Waals surface area contributed by atoms with Crippen molar-refractivity contribution in [3.63, 3.8) is 0 Å². The van der Waals surface area contributed by atoms with Crippen LogP contribution >= 0.6 is 0 Å². The van der Waals surface area contributed by atoms with Crippen LogP contribution in [0.1, 0.15) is 41.9 Å². The first-order valence-corrected chi connectivity index (χ1v) is 9.98. The van der Waals surface area contributed by atoms with Crippen LogP contribution in [0.15, 0.2) is 59.0 Å². The summed E-state index contributed by atoms with van der Waals surface area (Å²) in [6.45, 7) is 2.39. The van der Waals surface area contributed by atoms with Gasteiger partial charge in [-0.1, -0.05) is 18.2 Å². The maximum Gasteiger partial charge on any atom is 0.251 e. The van der Waals surface area contributed by atoms with Crippen molar-refractivity contribution in [3.8, 4) is 0 Å². The van der Waals surface area contributed by atoms with Crippen LogP contribution in [0.3, 0.4) is 0 Å². The van der Waals surface area contributed by atoms with Crippen LogP contribution in [0.5, 0.6) is 0 Å². The van der Waals surface area contributed by atoms with Gasteiger partial charge in [0.05, 0.1) is 12.6 Å². The Morgan fingerprint density at radius 2 is 1.90 bits per heavy atom. The molecule has 0 aliphatic carbocycles. The molecule has 2 heterocycles. The summed E-state index contributed by atoms with van der Waals surface area (Å²) >= 11 is 0. The van der Waals surface area contributed by atoms with Crippen LogP contribution in [0.25, 0.3) is 11.0 Å². The smallest absolute Gasteiger partial charge is 0.251 e. The number of para-hydroxylation sites is 1. The lowest BCUT2D eigenvalue weighted by molar-refractivity contribution is -0.121. The van der Waals surface area contributed by atoms with E-state index in [1.807, 2.05) is 37.3 Å². The number of hydrogen-bond acceptors (Lipinski definition) is 4. The Morgan fingerprint density at radius 1 is 1.13 bits per heavy atom. The van der Waals surface area contributed by atoms with E-state index in [1.165, 1.54) is 0 Å². The highest BCUT2D eigenvalue weighted by Gasteiger charge is 2.22. The van der Waals surface area contributed by atoms with Gasteiger partial charge < -0.3 is 20.0 Å². The van der Waals surface area contributed by atoms with E-state index in [1.54, 1.807) is 29.2 Å². The molecule has 2 aromatic carbocycles. The number of amides is 3. The number of furan rings is 1. The highest BCUT2D eigenvalue weighted by atomic mass is 16.3. The molecule has 4 rings (SSSR count). The van der Waals surface area contributed by atoms with Crippen molar-refractivity contribution in [2.45, 2.75) is 25.8 Å². The van der Waals surface area contributed by atoms with Crippen molar-refractivity contribution in [2.24, 2.45) is 0 Å². The van der Waals surface area contributed by atoms with Gasteiger partial charge in [-0.05, 0) is 49.7 Å². The third kappa shape index (κ3) is 4.20. The first-order chi connectivity index (χ1) is 14.5. The second-order valence-electron chi connectivity index (χ2n) is 7.35. The maximum absolute atomic E-state index is 12.3. The van der Waals surface area contributed by atoms with Crippen LogP contribution < -0.4 is 15.5 Å². The number of anilines is 1. The molecule has 0 radical (unpaired) electrons. The van der Waals surface area contributed by atoms with E-state index in [9.17, 15) is 14.4 Å². The average Bonchev–Trinajstić information content (AvgIpc) is 3.38. The predicted octanol–water partition coefficient (Wildman–Crippen LogP) is 3.17. The number of carbonyl (C=O) groups is 3. The van der Waals surface area contributed by atoms with E-state index in [2.05, 4.69) is 10.6 Å². The predicted molar refractivity (Wildman–Crippen MR) is 113 cm³/mol. The molecule has 0 bridgehead atoms. The minimum absolute atomic E-state index is 0.0995. The minimum Gasteiger partial charge on any atom is -0.459 e. The Kier molecular flexibility index (Phi) is 5.52. The fourth-order valence-corrected chi connectivity index (χ4v) is 3.56. The molecule has 1 aliphatic heterocycles. The molecule has 1 atom stereocenters. The van der Waals surface area contributed by atoms with Crippen LogP contribution in [0.2, 0.25) is 0 Å². The summed E-state index contributed by atoms with van der Waals surface area (Å²) in [6, 6.07) is 16.0. The summed E-state index contributed by atoms with van der Waals surface area (Å²) in [5.41, 5.74) is 1.98. The van der Waals surface area contributed by atoms with Gasteiger partial charge in [-0.3, -0.25) is 14.4 Å². The topological polar surface area (TPSA) is 91.7 Å². The number of fused-ring (bicyclic) bond motifs is 1. The van der Waals surface area contributed by atoms with Crippen LogP contribution in [0.4, 0.5) is 5.69 Å². The van der Waals surface area contributed by atoms with Crippen molar-refractivity contribution in [1.82, 2.24) is 10.6 Å². The van der Waals surface area contributed by atoms with Crippen LogP contribution in [0, 0.1) is 0 Å². The molecule has 7 nitrogen and oxygen atoms in total.